The molecule has 1 aliphatic heterocycles. The number of fused-ring (bicyclic) bond motifs is 1. The molecule has 0 unspecified atom stereocenters. The Labute approximate surface area is 204 Å². The normalized spacial score (nSPS) is 21.6. The Morgan fingerprint density at radius 2 is 1.76 bits per heavy atom. The van der Waals surface area contributed by atoms with E-state index in [1.165, 1.54) is 0 Å². The SMILES string of the molecule is NC1CCC(N(Cc2cc(NC(=O)C3CCC3)ccc2Cl)C(=O)c2ccc3c(c2)OCO3)CC1. The molecule has 2 amide bonds. The van der Waals surface area contributed by atoms with Crippen molar-refractivity contribution in [1.29, 1.82) is 0 Å². The molecule has 0 aromatic heterocycles. The first-order valence-electron chi connectivity index (χ1n) is 12.0. The molecule has 2 aromatic rings. The third-order valence-corrected chi connectivity index (χ3v) is 7.56. The molecule has 8 heteroatoms. The number of carbonyl (C=O) groups is 2. The Kier molecular flexibility index (Phi) is 6.66. The third-order valence-electron chi connectivity index (χ3n) is 7.19. The van der Waals surface area contributed by atoms with Crippen molar-refractivity contribution >= 4 is 29.1 Å². The molecule has 2 saturated carbocycles. The first-order valence-corrected chi connectivity index (χ1v) is 12.4. The van der Waals surface area contributed by atoms with Crippen molar-refractivity contribution in [2.24, 2.45) is 11.7 Å². The van der Waals surface area contributed by atoms with Crippen molar-refractivity contribution in [3.63, 3.8) is 0 Å². The average molecular weight is 484 g/mol. The van der Waals surface area contributed by atoms with Gasteiger partial charge in [-0.3, -0.25) is 9.59 Å². The van der Waals surface area contributed by atoms with Crippen LogP contribution in [0.5, 0.6) is 11.5 Å². The third kappa shape index (κ3) is 4.86. The molecular formula is C26H30ClN3O4. The molecule has 2 fully saturated rings. The summed E-state index contributed by atoms with van der Waals surface area (Å²) in [7, 11) is 0. The van der Waals surface area contributed by atoms with Crippen LogP contribution < -0.4 is 20.5 Å². The quantitative estimate of drug-likeness (QED) is 0.620. The van der Waals surface area contributed by atoms with Gasteiger partial charge in [0.05, 0.1) is 0 Å². The van der Waals surface area contributed by atoms with Crippen molar-refractivity contribution in [2.75, 3.05) is 12.1 Å². The van der Waals surface area contributed by atoms with E-state index in [1.54, 1.807) is 24.3 Å². The van der Waals surface area contributed by atoms with E-state index in [2.05, 4.69) is 5.32 Å². The number of rotatable bonds is 6. The van der Waals surface area contributed by atoms with E-state index < -0.39 is 0 Å². The van der Waals surface area contributed by atoms with Crippen molar-refractivity contribution < 1.29 is 19.1 Å². The summed E-state index contributed by atoms with van der Waals surface area (Å²) in [6, 6.07) is 11.0. The second-order valence-corrected chi connectivity index (χ2v) is 9.90. The number of benzene rings is 2. The largest absolute Gasteiger partial charge is 0.454 e. The molecule has 0 atom stereocenters. The van der Waals surface area contributed by atoms with E-state index in [-0.39, 0.29) is 36.6 Å². The monoisotopic (exact) mass is 483 g/mol. The zero-order valence-electron chi connectivity index (χ0n) is 19.1. The van der Waals surface area contributed by atoms with E-state index in [0.29, 0.717) is 34.3 Å². The summed E-state index contributed by atoms with van der Waals surface area (Å²) in [5.41, 5.74) is 8.19. The van der Waals surface area contributed by atoms with Gasteiger partial charge in [0.1, 0.15) is 0 Å². The molecular weight excluding hydrogens is 454 g/mol. The van der Waals surface area contributed by atoms with Crippen molar-refractivity contribution in [3.8, 4) is 11.5 Å². The molecule has 2 aliphatic carbocycles. The van der Waals surface area contributed by atoms with Gasteiger partial charge in [0, 0.05) is 40.8 Å². The van der Waals surface area contributed by atoms with E-state index in [1.807, 2.05) is 17.0 Å². The lowest BCUT2D eigenvalue weighted by molar-refractivity contribution is -0.122. The Bertz CT molecular complexity index is 1080. The first-order chi connectivity index (χ1) is 16.5. The lowest BCUT2D eigenvalue weighted by atomic mass is 9.85. The van der Waals surface area contributed by atoms with Crippen LogP contribution in [0.15, 0.2) is 36.4 Å². The lowest BCUT2D eigenvalue weighted by Crippen LogP contribution is -2.44. The number of hydrogen-bond acceptors (Lipinski definition) is 5. The predicted octanol–water partition coefficient (Wildman–Crippen LogP) is 4.72. The van der Waals surface area contributed by atoms with Gasteiger partial charge in [-0.25, -0.2) is 0 Å². The van der Waals surface area contributed by atoms with Crippen LogP contribution in [0, 0.1) is 5.92 Å². The Hall–Kier alpha value is -2.77. The van der Waals surface area contributed by atoms with Crippen LogP contribution in [-0.2, 0) is 11.3 Å². The number of anilines is 1. The number of hydrogen-bond donors (Lipinski definition) is 2. The molecule has 1 heterocycles. The van der Waals surface area contributed by atoms with Gasteiger partial charge in [-0.2, -0.15) is 0 Å². The van der Waals surface area contributed by atoms with E-state index in [9.17, 15) is 9.59 Å². The van der Waals surface area contributed by atoms with Crippen LogP contribution in [0.2, 0.25) is 5.02 Å². The van der Waals surface area contributed by atoms with Gasteiger partial charge in [0.15, 0.2) is 11.5 Å². The number of halogens is 1. The van der Waals surface area contributed by atoms with E-state index in [0.717, 1.165) is 50.5 Å². The molecule has 0 radical (unpaired) electrons. The Balaban J connectivity index is 1.39. The number of amides is 2. The van der Waals surface area contributed by atoms with Gasteiger partial charge in [-0.15, -0.1) is 0 Å². The highest BCUT2D eigenvalue weighted by atomic mass is 35.5. The zero-order chi connectivity index (χ0) is 23.7. The minimum atomic E-state index is -0.0845. The maximum Gasteiger partial charge on any atom is 0.254 e. The molecule has 7 nitrogen and oxygen atoms in total. The summed E-state index contributed by atoms with van der Waals surface area (Å²) < 4.78 is 10.9. The molecule has 3 aliphatic rings. The summed E-state index contributed by atoms with van der Waals surface area (Å²) in [5, 5.41) is 3.58. The molecule has 180 valence electrons. The number of nitrogens with two attached hydrogens (primary N) is 1. The first kappa shape index (κ1) is 23.0. The van der Waals surface area contributed by atoms with Crippen LogP contribution in [0.25, 0.3) is 0 Å². The molecule has 5 rings (SSSR count). The molecule has 0 spiro atoms. The summed E-state index contributed by atoms with van der Waals surface area (Å²) in [5.74, 6) is 1.28. The summed E-state index contributed by atoms with van der Waals surface area (Å²) in [4.78, 5) is 28.1. The number of nitrogens with zero attached hydrogens (tertiary/aromatic N) is 1. The second-order valence-electron chi connectivity index (χ2n) is 9.49. The second kappa shape index (κ2) is 9.84. The van der Waals surface area contributed by atoms with Gasteiger partial charge >= 0.3 is 0 Å². The minimum absolute atomic E-state index is 0.0501. The van der Waals surface area contributed by atoms with E-state index in [4.69, 9.17) is 26.8 Å². The average Bonchev–Trinajstić information content (AvgIpc) is 3.26. The van der Waals surface area contributed by atoms with Crippen molar-refractivity contribution in [2.45, 2.75) is 63.6 Å². The van der Waals surface area contributed by atoms with Gasteiger partial charge in [0.25, 0.3) is 5.91 Å². The fourth-order valence-corrected chi connectivity index (χ4v) is 5.02. The Morgan fingerprint density at radius 1 is 1.00 bits per heavy atom. The van der Waals surface area contributed by atoms with Crippen LogP contribution in [0.3, 0.4) is 0 Å². The highest BCUT2D eigenvalue weighted by Gasteiger charge is 2.30. The van der Waals surface area contributed by atoms with Crippen molar-refractivity contribution in [3.05, 3.63) is 52.5 Å². The Morgan fingerprint density at radius 3 is 2.50 bits per heavy atom. The van der Waals surface area contributed by atoms with Gasteiger partial charge in [-0.05, 0) is 80.5 Å². The van der Waals surface area contributed by atoms with Gasteiger partial charge in [-0.1, -0.05) is 18.0 Å². The fourth-order valence-electron chi connectivity index (χ4n) is 4.85. The number of nitrogens with one attached hydrogen (secondary N) is 1. The maximum atomic E-state index is 13.7. The van der Waals surface area contributed by atoms with Crippen molar-refractivity contribution in [1.82, 2.24) is 4.90 Å². The number of ether oxygens (including phenoxy) is 2. The summed E-state index contributed by atoms with van der Waals surface area (Å²) in [6.45, 7) is 0.505. The van der Waals surface area contributed by atoms with Crippen LogP contribution >= 0.6 is 11.6 Å². The van der Waals surface area contributed by atoms with Crippen LogP contribution in [0.4, 0.5) is 5.69 Å². The standard InChI is InChI=1S/C26H30ClN3O4/c27-22-10-7-20(29-25(31)16-2-1-3-16)12-18(22)14-30(21-8-5-19(28)6-9-21)26(32)17-4-11-23-24(13-17)34-15-33-23/h4,7,10-13,16,19,21H,1-3,5-6,8-9,14-15,28H2,(H,29,31). The predicted molar refractivity (Wildman–Crippen MR) is 130 cm³/mol. The summed E-state index contributed by atoms with van der Waals surface area (Å²) >= 11 is 6.56. The molecule has 3 N–H and O–H groups in total. The van der Waals surface area contributed by atoms with Crippen LogP contribution in [-0.4, -0.2) is 35.6 Å². The zero-order valence-corrected chi connectivity index (χ0v) is 19.9. The fraction of sp³-hybridized carbons (Fsp3) is 0.462. The van der Waals surface area contributed by atoms with Gasteiger partial charge in [0.2, 0.25) is 12.7 Å². The molecule has 2 aromatic carbocycles. The highest BCUT2D eigenvalue weighted by molar-refractivity contribution is 6.31. The van der Waals surface area contributed by atoms with Crippen LogP contribution in [0.1, 0.15) is 60.9 Å². The maximum absolute atomic E-state index is 13.7. The van der Waals surface area contributed by atoms with E-state index >= 15 is 0 Å². The molecule has 0 saturated heterocycles. The molecule has 0 bridgehead atoms. The topological polar surface area (TPSA) is 93.9 Å². The summed E-state index contributed by atoms with van der Waals surface area (Å²) in [6.07, 6.45) is 6.41. The number of carbonyl (C=O) groups excluding carboxylic acids is 2. The lowest BCUT2D eigenvalue weighted by Gasteiger charge is -2.36. The smallest absolute Gasteiger partial charge is 0.254 e. The minimum Gasteiger partial charge on any atom is -0.454 e. The highest BCUT2D eigenvalue weighted by Crippen LogP contribution is 2.35. The molecule has 34 heavy (non-hydrogen) atoms. The van der Waals surface area contributed by atoms with Gasteiger partial charge < -0.3 is 25.4 Å².